The maximum atomic E-state index is 14.7. The Morgan fingerprint density at radius 3 is 2.64 bits per heavy atom. The number of halogens is 1. The highest BCUT2D eigenvalue weighted by Crippen LogP contribution is 2.27. The Balaban J connectivity index is 2.16. The van der Waals surface area contributed by atoms with Crippen molar-refractivity contribution in [3.8, 4) is 11.8 Å². The summed E-state index contributed by atoms with van der Waals surface area (Å²) < 4.78 is 41.0. The highest BCUT2D eigenvalue weighted by Gasteiger charge is 2.23. The smallest absolute Gasteiger partial charge is 0.211 e. The van der Waals surface area contributed by atoms with Crippen LogP contribution in [0.25, 0.3) is 0 Å². The van der Waals surface area contributed by atoms with Crippen molar-refractivity contribution in [1.29, 1.82) is 0 Å². The molecule has 138 valence electrons. The lowest BCUT2D eigenvalue weighted by atomic mass is 9.98. The molecule has 6 heteroatoms. The van der Waals surface area contributed by atoms with Crippen LogP contribution < -0.4 is 10.0 Å². The number of nitrogens with one attached hydrogen (secondary N) is 2. The van der Waals surface area contributed by atoms with E-state index in [9.17, 15) is 12.8 Å². The normalized spacial score (nSPS) is 16.8. The summed E-state index contributed by atoms with van der Waals surface area (Å²) in [5.74, 6) is 6.16. The number of likely N-dealkylation sites (N-methyl/N-ethyl adjacent to an activating group) is 1. The van der Waals surface area contributed by atoms with E-state index in [1.54, 1.807) is 32.0 Å². The van der Waals surface area contributed by atoms with Gasteiger partial charge in [0, 0.05) is 18.0 Å². The summed E-state index contributed by atoms with van der Waals surface area (Å²) in [7, 11) is -3.31. The number of benzene rings is 1. The number of sulfonamides is 1. The van der Waals surface area contributed by atoms with E-state index in [0.29, 0.717) is 30.0 Å². The average molecular weight is 367 g/mol. The van der Waals surface area contributed by atoms with Crippen LogP contribution in [0, 0.1) is 23.6 Å². The Morgan fingerprint density at radius 1 is 1.32 bits per heavy atom. The molecule has 0 aromatic heterocycles. The Morgan fingerprint density at radius 2 is 2.04 bits per heavy atom. The molecule has 1 aliphatic rings. The van der Waals surface area contributed by atoms with Gasteiger partial charge in [0.05, 0.1) is 11.3 Å². The third kappa shape index (κ3) is 6.10. The first-order valence-corrected chi connectivity index (χ1v) is 10.5. The maximum absolute atomic E-state index is 14.7. The first-order valence-electron chi connectivity index (χ1n) is 8.88. The summed E-state index contributed by atoms with van der Waals surface area (Å²) in [6.45, 7) is 6.02. The van der Waals surface area contributed by atoms with E-state index in [0.717, 1.165) is 12.8 Å². The van der Waals surface area contributed by atoms with Crippen LogP contribution in [0.4, 0.5) is 4.39 Å². The topological polar surface area (TPSA) is 58.2 Å². The van der Waals surface area contributed by atoms with Gasteiger partial charge in [-0.25, -0.2) is 17.5 Å². The monoisotopic (exact) mass is 366 g/mol. The zero-order chi connectivity index (χ0) is 18.4. The molecule has 1 aromatic carbocycles. The molecule has 0 radical (unpaired) electrons. The second-order valence-electron chi connectivity index (χ2n) is 6.50. The summed E-state index contributed by atoms with van der Waals surface area (Å²) in [6.07, 6.45) is 2.60. The van der Waals surface area contributed by atoms with Crippen LogP contribution in [-0.4, -0.2) is 32.8 Å². The zero-order valence-corrected chi connectivity index (χ0v) is 15.9. The van der Waals surface area contributed by atoms with E-state index in [2.05, 4.69) is 21.9 Å². The second-order valence-corrected chi connectivity index (χ2v) is 8.54. The van der Waals surface area contributed by atoms with Gasteiger partial charge in [-0.05, 0) is 51.3 Å². The van der Waals surface area contributed by atoms with Crippen LogP contribution in [0.2, 0.25) is 0 Å². The minimum Gasteiger partial charge on any atom is -0.312 e. The van der Waals surface area contributed by atoms with Crippen molar-refractivity contribution < 1.29 is 12.8 Å². The summed E-state index contributed by atoms with van der Waals surface area (Å²) in [4.78, 5) is 0. The largest absolute Gasteiger partial charge is 0.312 e. The van der Waals surface area contributed by atoms with Crippen molar-refractivity contribution in [2.24, 2.45) is 5.92 Å². The van der Waals surface area contributed by atoms with Crippen molar-refractivity contribution in [3.05, 3.63) is 35.1 Å². The van der Waals surface area contributed by atoms with Gasteiger partial charge in [0.15, 0.2) is 0 Å². The molecule has 1 aliphatic carbocycles. The van der Waals surface area contributed by atoms with Gasteiger partial charge in [-0.15, -0.1) is 0 Å². The lowest BCUT2D eigenvalue weighted by molar-refractivity contribution is 0.422. The van der Waals surface area contributed by atoms with Gasteiger partial charge < -0.3 is 5.32 Å². The molecule has 1 aromatic rings. The van der Waals surface area contributed by atoms with Gasteiger partial charge in [-0.2, -0.15) is 0 Å². The molecule has 4 nitrogen and oxygen atoms in total. The lowest BCUT2D eigenvalue weighted by Crippen LogP contribution is -2.49. The summed E-state index contributed by atoms with van der Waals surface area (Å²) >= 11 is 0. The van der Waals surface area contributed by atoms with Crippen LogP contribution in [0.5, 0.6) is 0 Å². The van der Waals surface area contributed by atoms with Crippen LogP contribution >= 0.6 is 0 Å². The SMILES string of the molecule is CCNC(Cc1cccc(C#CC2CC2)c1F)C(C)NS(=O)(=O)CC. The Bertz CT molecular complexity index is 748. The molecule has 0 amide bonds. The van der Waals surface area contributed by atoms with E-state index in [4.69, 9.17) is 0 Å². The molecule has 0 bridgehead atoms. The predicted molar refractivity (Wildman–Crippen MR) is 99.2 cm³/mol. The standard InChI is InChI=1S/C19H27FN2O2S/c1-4-21-18(14(3)22-25(23,24)5-2)13-17-8-6-7-16(19(17)20)12-11-15-9-10-15/h6-8,14-15,18,21-22H,4-5,9-10,13H2,1-3H3. The zero-order valence-electron chi connectivity index (χ0n) is 15.1. The molecule has 1 saturated carbocycles. The molecule has 2 rings (SSSR count). The molecule has 2 N–H and O–H groups in total. The van der Waals surface area contributed by atoms with Crippen molar-refractivity contribution in [2.45, 2.75) is 52.1 Å². The third-order valence-corrected chi connectivity index (χ3v) is 5.81. The van der Waals surface area contributed by atoms with E-state index in [1.165, 1.54) is 0 Å². The van der Waals surface area contributed by atoms with Gasteiger partial charge >= 0.3 is 0 Å². The fourth-order valence-electron chi connectivity index (χ4n) is 2.61. The van der Waals surface area contributed by atoms with Crippen molar-refractivity contribution >= 4 is 10.0 Å². The molecule has 0 spiro atoms. The Labute approximate surface area is 150 Å². The quantitative estimate of drug-likeness (QED) is 0.695. The lowest BCUT2D eigenvalue weighted by Gasteiger charge is -2.26. The molecule has 1 fully saturated rings. The average Bonchev–Trinajstić information content (AvgIpc) is 3.39. The molecule has 0 aliphatic heterocycles. The Kier molecular flexibility index (Phi) is 7.00. The predicted octanol–water partition coefficient (Wildman–Crippen LogP) is 2.44. The van der Waals surface area contributed by atoms with Crippen LogP contribution in [0.3, 0.4) is 0 Å². The van der Waals surface area contributed by atoms with Crippen LogP contribution in [0.1, 0.15) is 44.7 Å². The van der Waals surface area contributed by atoms with Crippen LogP contribution in [0.15, 0.2) is 18.2 Å². The summed E-state index contributed by atoms with van der Waals surface area (Å²) in [6, 6.07) is 4.69. The van der Waals surface area contributed by atoms with Gasteiger partial charge in [0.2, 0.25) is 10.0 Å². The van der Waals surface area contributed by atoms with Gasteiger partial charge in [-0.1, -0.05) is 30.9 Å². The molecule has 2 atom stereocenters. The van der Waals surface area contributed by atoms with E-state index in [1.807, 2.05) is 6.92 Å². The highest BCUT2D eigenvalue weighted by atomic mass is 32.2. The van der Waals surface area contributed by atoms with Crippen molar-refractivity contribution in [1.82, 2.24) is 10.0 Å². The minimum absolute atomic E-state index is 0.0246. The van der Waals surface area contributed by atoms with Gasteiger partial charge in [-0.3, -0.25) is 0 Å². The van der Waals surface area contributed by atoms with E-state index < -0.39 is 10.0 Å². The fraction of sp³-hybridized carbons (Fsp3) is 0.579. The van der Waals surface area contributed by atoms with E-state index >= 15 is 0 Å². The van der Waals surface area contributed by atoms with Crippen molar-refractivity contribution in [3.63, 3.8) is 0 Å². The molecular formula is C19H27FN2O2S. The number of hydrogen-bond donors (Lipinski definition) is 2. The van der Waals surface area contributed by atoms with Crippen LogP contribution in [-0.2, 0) is 16.4 Å². The molecular weight excluding hydrogens is 339 g/mol. The summed E-state index contributed by atoms with van der Waals surface area (Å²) in [5.41, 5.74) is 0.970. The summed E-state index contributed by atoms with van der Waals surface area (Å²) in [5, 5.41) is 3.25. The molecule has 2 unspecified atom stereocenters. The third-order valence-electron chi connectivity index (χ3n) is 4.32. The molecule has 25 heavy (non-hydrogen) atoms. The minimum atomic E-state index is -3.31. The first kappa shape index (κ1) is 19.9. The number of hydrogen-bond acceptors (Lipinski definition) is 3. The second kappa shape index (κ2) is 8.79. The highest BCUT2D eigenvalue weighted by molar-refractivity contribution is 7.89. The van der Waals surface area contributed by atoms with Gasteiger partial charge in [0.1, 0.15) is 5.82 Å². The number of rotatable bonds is 8. The Hall–Kier alpha value is -1.42. The molecule has 0 saturated heterocycles. The maximum Gasteiger partial charge on any atom is 0.211 e. The first-order chi connectivity index (χ1) is 11.9. The fourth-order valence-corrected chi connectivity index (χ4v) is 3.51. The van der Waals surface area contributed by atoms with E-state index in [-0.39, 0.29) is 23.7 Å². The van der Waals surface area contributed by atoms with Gasteiger partial charge in [0.25, 0.3) is 0 Å². The van der Waals surface area contributed by atoms with Crippen molar-refractivity contribution in [2.75, 3.05) is 12.3 Å². The molecule has 0 heterocycles.